The Hall–Kier alpha value is -0.590. The molecule has 0 aliphatic carbocycles. The topological polar surface area (TPSA) is 60.9 Å². The Morgan fingerprint density at radius 2 is 2.24 bits per heavy atom. The maximum atomic E-state index is 12.0. The molecule has 0 bridgehead atoms. The molecule has 1 aliphatic rings. The lowest BCUT2D eigenvalue weighted by Crippen LogP contribution is -2.35. The van der Waals surface area contributed by atoms with Gasteiger partial charge < -0.3 is 14.9 Å². The molecule has 122 valence electrons. The van der Waals surface area contributed by atoms with E-state index in [-0.39, 0.29) is 28.9 Å². The standard InChI is InChI=1S/C15H28N2O3S/c1-4-16(8-9-18)7-5-6-12(2)17-11-14(10-15(17)20)21-13(3)19/h12,14,18H,4-11H2,1-3H3. The summed E-state index contributed by atoms with van der Waals surface area (Å²) in [4.78, 5) is 27.3. The first-order chi connectivity index (χ1) is 9.97. The number of hydrogen-bond acceptors (Lipinski definition) is 5. The molecule has 0 aromatic rings. The molecule has 0 radical (unpaired) electrons. The van der Waals surface area contributed by atoms with E-state index in [0.29, 0.717) is 19.5 Å². The minimum absolute atomic E-state index is 0.0879. The number of likely N-dealkylation sites (N-methyl/N-ethyl adjacent to an activating group) is 1. The molecule has 2 unspecified atom stereocenters. The third-order valence-corrected chi connectivity index (χ3v) is 4.93. The minimum Gasteiger partial charge on any atom is -0.395 e. The van der Waals surface area contributed by atoms with E-state index in [9.17, 15) is 9.59 Å². The molecule has 1 saturated heterocycles. The van der Waals surface area contributed by atoms with Crippen LogP contribution in [0.3, 0.4) is 0 Å². The highest BCUT2D eigenvalue weighted by Gasteiger charge is 2.33. The van der Waals surface area contributed by atoms with E-state index in [1.165, 1.54) is 11.8 Å². The van der Waals surface area contributed by atoms with E-state index in [0.717, 1.165) is 25.9 Å². The third-order valence-electron chi connectivity index (χ3n) is 3.95. The lowest BCUT2D eigenvalue weighted by Gasteiger charge is -2.26. The van der Waals surface area contributed by atoms with Gasteiger partial charge in [-0.1, -0.05) is 18.7 Å². The van der Waals surface area contributed by atoms with Crippen molar-refractivity contribution in [3.05, 3.63) is 0 Å². The lowest BCUT2D eigenvalue weighted by molar-refractivity contribution is -0.129. The Morgan fingerprint density at radius 3 is 2.81 bits per heavy atom. The van der Waals surface area contributed by atoms with Gasteiger partial charge in [0.25, 0.3) is 0 Å². The zero-order chi connectivity index (χ0) is 15.8. The van der Waals surface area contributed by atoms with Gasteiger partial charge in [-0.25, -0.2) is 0 Å². The first-order valence-corrected chi connectivity index (χ1v) is 8.65. The summed E-state index contributed by atoms with van der Waals surface area (Å²) in [6.45, 7) is 9.22. The number of likely N-dealkylation sites (tertiary alicyclic amines) is 1. The highest BCUT2D eigenvalue weighted by Crippen LogP contribution is 2.26. The van der Waals surface area contributed by atoms with Gasteiger partial charge in [-0.15, -0.1) is 0 Å². The summed E-state index contributed by atoms with van der Waals surface area (Å²) in [6.07, 6.45) is 2.47. The van der Waals surface area contributed by atoms with Crippen molar-refractivity contribution in [1.82, 2.24) is 9.80 Å². The monoisotopic (exact) mass is 316 g/mol. The van der Waals surface area contributed by atoms with Crippen molar-refractivity contribution in [1.29, 1.82) is 0 Å². The maximum absolute atomic E-state index is 12.0. The molecule has 6 heteroatoms. The van der Waals surface area contributed by atoms with Crippen LogP contribution in [-0.4, -0.2) is 70.0 Å². The summed E-state index contributed by atoms with van der Waals surface area (Å²) in [5.74, 6) is 0.170. The van der Waals surface area contributed by atoms with E-state index in [1.807, 2.05) is 4.90 Å². The second-order valence-corrected chi connectivity index (χ2v) is 7.11. The predicted octanol–water partition coefficient (Wildman–Crippen LogP) is 1.35. The van der Waals surface area contributed by atoms with Gasteiger partial charge in [-0.05, 0) is 32.9 Å². The van der Waals surface area contributed by atoms with E-state index in [4.69, 9.17) is 5.11 Å². The van der Waals surface area contributed by atoms with Gasteiger partial charge in [0.05, 0.1) is 6.61 Å². The molecule has 0 aromatic heterocycles. The normalized spacial score (nSPS) is 20.3. The smallest absolute Gasteiger partial charge is 0.224 e. The Kier molecular flexibility index (Phi) is 8.29. The fourth-order valence-corrected chi connectivity index (χ4v) is 3.70. The van der Waals surface area contributed by atoms with Crippen molar-refractivity contribution in [2.24, 2.45) is 0 Å². The van der Waals surface area contributed by atoms with Gasteiger partial charge in [-0.3, -0.25) is 9.59 Å². The summed E-state index contributed by atoms with van der Waals surface area (Å²) in [6, 6.07) is 0.225. The van der Waals surface area contributed by atoms with Crippen LogP contribution in [0.2, 0.25) is 0 Å². The number of aliphatic hydroxyl groups is 1. The van der Waals surface area contributed by atoms with Gasteiger partial charge in [-0.2, -0.15) is 0 Å². The number of carbonyl (C=O) groups is 2. The Labute approximate surface area is 132 Å². The van der Waals surface area contributed by atoms with Crippen LogP contribution in [0.15, 0.2) is 0 Å². The third kappa shape index (κ3) is 6.36. The van der Waals surface area contributed by atoms with Crippen molar-refractivity contribution in [3.63, 3.8) is 0 Å². The van der Waals surface area contributed by atoms with Crippen LogP contribution < -0.4 is 0 Å². The quantitative estimate of drug-likeness (QED) is 0.696. The van der Waals surface area contributed by atoms with Crippen LogP contribution in [0.4, 0.5) is 0 Å². The molecule has 1 rings (SSSR count). The van der Waals surface area contributed by atoms with Gasteiger partial charge >= 0.3 is 0 Å². The Morgan fingerprint density at radius 1 is 1.52 bits per heavy atom. The molecule has 1 fully saturated rings. The number of nitrogens with zero attached hydrogens (tertiary/aromatic N) is 2. The molecular formula is C15H28N2O3S. The number of carbonyl (C=O) groups excluding carboxylic acids is 2. The van der Waals surface area contributed by atoms with Crippen LogP contribution in [0.1, 0.15) is 40.0 Å². The second-order valence-electron chi connectivity index (χ2n) is 5.63. The summed E-state index contributed by atoms with van der Waals surface area (Å²) < 4.78 is 0. The zero-order valence-corrected chi connectivity index (χ0v) is 14.2. The molecule has 21 heavy (non-hydrogen) atoms. The summed E-state index contributed by atoms with van der Waals surface area (Å²) in [5.41, 5.74) is 0. The van der Waals surface area contributed by atoms with Gasteiger partial charge in [0.2, 0.25) is 5.91 Å². The number of amides is 1. The van der Waals surface area contributed by atoms with E-state index < -0.39 is 0 Å². The molecule has 0 saturated carbocycles. The average Bonchev–Trinajstić information content (AvgIpc) is 2.77. The molecule has 1 N–H and O–H groups in total. The Bertz CT molecular complexity index is 352. The fourth-order valence-electron chi connectivity index (χ4n) is 2.77. The van der Waals surface area contributed by atoms with E-state index in [2.05, 4.69) is 18.7 Å². The summed E-state index contributed by atoms with van der Waals surface area (Å²) in [5, 5.41) is 9.17. The van der Waals surface area contributed by atoms with Crippen molar-refractivity contribution < 1.29 is 14.7 Å². The minimum atomic E-state index is 0.0879. The molecule has 1 aliphatic heterocycles. The maximum Gasteiger partial charge on any atom is 0.224 e. The molecule has 1 amide bonds. The van der Waals surface area contributed by atoms with Crippen molar-refractivity contribution in [3.8, 4) is 0 Å². The van der Waals surface area contributed by atoms with Crippen LogP contribution in [0.25, 0.3) is 0 Å². The molecule has 2 atom stereocenters. The summed E-state index contributed by atoms with van der Waals surface area (Å²) in [7, 11) is 0. The molecular weight excluding hydrogens is 288 g/mol. The predicted molar refractivity (Wildman–Crippen MR) is 86.3 cm³/mol. The first-order valence-electron chi connectivity index (χ1n) is 7.77. The average molecular weight is 316 g/mol. The van der Waals surface area contributed by atoms with Crippen LogP contribution in [0.5, 0.6) is 0 Å². The molecule has 0 spiro atoms. The van der Waals surface area contributed by atoms with Crippen molar-refractivity contribution in [2.75, 3.05) is 32.8 Å². The largest absolute Gasteiger partial charge is 0.395 e. The van der Waals surface area contributed by atoms with Crippen LogP contribution in [0, 0.1) is 0 Å². The summed E-state index contributed by atoms with van der Waals surface area (Å²) >= 11 is 1.29. The first kappa shape index (κ1) is 18.5. The van der Waals surface area contributed by atoms with Crippen molar-refractivity contribution in [2.45, 2.75) is 51.3 Å². The van der Waals surface area contributed by atoms with Crippen LogP contribution >= 0.6 is 11.8 Å². The number of hydrogen-bond donors (Lipinski definition) is 1. The molecule has 5 nitrogen and oxygen atoms in total. The van der Waals surface area contributed by atoms with Crippen LogP contribution in [-0.2, 0) is 9.59 Å². The van der Waals surface area contributed by atoms with E-state index >= 15 is 0 Å². The molecule has 1 heterocycles. The number of thioether (sulfide) groups is 1. The lowest BCUT2D eigenvalue weighted by atomic mass is 10.1. The fraction of sp³-hybridized carbons (Fsp3) is 0.867. The SMILES string of the molecule is CCN(CCO)CCCC(C)N1CC(SC(C)=O)CC1=O. The van der Waals surface area contributed by atoms with E-state index in [1.54, 1.807) is 6.92 Å². The Balaban J connectivity index is 2.33. The van der Waals surface area contributed by atoms with Gasteiger partial charge in [0.15, 0.2) is 5.12 Å². The zero-order valence-electron chi connectivity index (χ0n) is 13.4. The van der Waals surface area contributed by atoms with Gasteiger partial charge in [0.1, 0.15) is 0 Å². The highest BCUT2D eigenvalue weighted by molar-refractivity contribution is 8.14. The number of rotatable bonds is 9. The second kappa shape index (κ2) is 9.43. The highest BCUT2D eigenvalue weighted by atomic mass is 32.2. The number of aliphatic hydroxyl groups excluding tert-OH is 1. The van der Waals surface area contributed by atoms with Gasteiger partial charge in [0, 0.05) is 37.7 Å². The van der Waals surface area contributed by atoms with Crippen molar-refractivity contribution >= 4 is 22.8 Å². The molecule has 0 aromatic carbocycles.